The van der Waals surface area contributed by atoms with Gasteiger partial charge in [0.15, 0.2) is 6.61 Å². The van der Waals surface area contributed by atoms with E-state index in [1.165, 1.54) is 12.1 Å². The molecule has 0 saturated heterocycles. The maximum Gasteiger partial charge on any atom is 0.253 e. The molecule has 7 heteroatoms. The average molecular weight is 310 g/mol. The molecule has 0 saturated carbocycles. The molecule has 1 aromatic carbocycles. The second kappa shape index (κ2) is 5.73. The molecular formula is C14H16ClN3O3. The molecule has 0 atom stereocenters. The van der Waals surface area contributed by atoms with E-state index >= 15 is 0 Å². The molecule has 1 amide bonds. The van der Waals surface area contributed by atoms with Crippen molar-refractivity contribution >= 4 is 17.5 Å². The van der Waals surface area contributed by atoms with Crippen LogP contribution in [0.5, 0.6) is 5.75 Å². The summed E-state index contributed by atoms with van der Waals surface area (Å²) in [6, 6.07) is 4.59. The van der Waals surface area contributed by atoms with Crippen LogP contribution < -0.4 is 10.5 Å². The highest BCUT2D eigenvalue weighted by Gasteiger charge is 2.21. The molecule has 112 valence electrons. The van der Waals surface area contributed by atoms with Gasteiger partial charge in [-0.1, -0.05) is 32.4 Å². The van der Waals surface area contributed by atoms with Crippen molar-refractivity contribution in [3.8, 4) is 5.75 Å². The number of amides is 1. The second-order valence-corrected chi connectivity index (χ2v) is 5.98. The van der Waals surface area contributed by atoms with Crippen molar-refractivity contribution in [2.75, 3.05) is 0 Å². The fraction of sp³-hybridized carbons (Fsp3) is 0.357. The van der Waals surface area contributed by atoms with E-state index in [0.29, 0.717) is 16.8 Å². The Bertz CT molecular complexity index is 662. The van der Waals surface area contributed by atoms with Gasteiger partial charge in [-0.15, -0.1) is 10.2 Å². The molecule has 1 heterocycles. The van der Waals surface area contributed by atoms with Gasteiger partial charge in [0.05, 0.1) is 5.56 Å². The third-order valence-corrected chi connectivity index (χ3v) is 2.90. The van der Waals surface area contributed by atoms with Crippen LogP contribution in [0.1, 0.15) is 42.9 Å². The van der Waals surface area contributed by atoms with Crippen LogP contribution in [-0.2, 0) is 12.0 Å². The van der Waals surface area contributed by atoms with E-state index in [0.717, 1.165) is 0 Å². The summed E-state index contributed by atoms with van der Waals surface area (Å²) in [6.45, 7) is 5.93. The number of ether oxygens (including phenoxy) is 1. The van der Waals surface area contributed by atoms with E-state index in [1.807, 2.05) is 20.8 Å². The van der Waals surface area contributed by atoms with Crippen LogP contribution in [0.4, 0.5) is 0 Å². The minimum atomic E-state index is -0.595. The normalized spacial score (nSPS) is 11.4. The van der Waals surface area contributed by atoms with Gasteiger partial charge in [-0.2, -0.15) is 0 Å². The van der Waals surface area contributed by atoms with Crippen molar-refractivity contribution in [2.24, 2.45) is 5.73 Å². The summed E-state index contributed by atoms with van der Waals surface area (Å²) in [5.74, 6) is 0.519. The number of hydrogen-bond acceptors (Lipinski definition) is 5. The zero-order valence-corrected chi connectivity index (χ0v) is 12.8. The topological polar surface area (TPSA) is 91.2 Å². The van der Waals surface area contributed by atoms with Crippen molar-refractivity contribution in [2.45, 2.75) is 32.8 Å². The minimum Gasteiger partial charge on any atom is -0.483 e. The Morgan fingerprint density at radius 1 is 1.38 bits per heavy atom. The van der Waals surface area contributed by atoms with Crippen molar-refractivity contribution in [3.05, 3.63) is 40.6 Å². The molecule has 21 heavy (non-hydrogen) atoms. The van der Waals surface area contributed by atoms with Gasteiger partial charge in [0.2, 0.25) is 5.89 Å². The molecular weight excluding hydrogens is 294 g/mol. The monoisotopic (exact) mass is 309 g/mol. The molecule has 0 spiro atoms. The Hall–Kier alpha value is -2.08. The van der Waals surface area contributed by atoms with Crippen LogP contribution in [0.2, 0.25) is 5.02 Å². The van der Waals surface area contributed by atoms with E-state index in [9.17, 15) is 4.79 Å². The predicted octanol–water partition coefficient (Wildman–Crippen LogP) is 2.70. The van der Waals surface area contributed by atoms with Gasteiger partial charge in [0.25, 0.3) is 11.8 Å². The zero-order chi connectivity index (χ0) is 15.6. The fourth-order valence-electron chi connectivity index (χ4n) is 1.57. The lowest BCUT2D eigenvalue weighted by Crippen LogP contribution is -2.13. The highest BCUT2D eigenvalue weighted by Crippen LogP contribution is 2.25. The fourth-order valence-corrected chi connectivity index (χ4v) is 1.74. The van der Waals surface area contributed by atoms with Gasteiger partial charge in [-0.3, -0.25) is 4.79 Å². The third kappa shape index (κ3) is 3.72. The second-order valence-electron chi connectivity index (χ2n) is 5.54. The highest BCUT2D eigenvalue weighted by molar-refractivity contribution is 6.30. The Labute approximate surface area is 127 Å². The number of primary amides is 1. The maximum absolute atomic E-state index is 11.3. The molecule has 2 rings (SSSR count). The highest BCUT2D eigenvalue weighted by atomic mass is 35.5. The first-order valence-corrected chi connectivity index (χ1v) is 6.70. The van der Waals surface area contributed by atoms with Crippen molar-refractivity contribution in [1.29, 1.82) is 0 Å². The van der Waals surface area contributed by atoms with Crippen LogP contribution in [0.25, 0.3) is 0 Å². The van der Waals surface area contributed by atoms with Crippen LogP contribution in [-0.4, -0.2) is 16.1 Å². The van der Waals surface area contributed by atoms with E-state index in [-0.39, 0.29) is 23.3 Å². The number of rotatable bonds is 4. The number of carbonyl (C=O) groups is 1. The van der Waals surface area contributed by atoms with Gasteiger partial charge >= 0.3 is 0 Å². The molecule has 2 aromatic rings. The molecule has 0 radical (unpaired) electrons. The molecule has 1 aromatic heterocycles. The maximum atomic E-state index is 11.3. The van der Waals surface area contributed by atoms with Crippen LogP contribution in [0.3, 0.4) is 0 Å². The zero-order valence-electron chi connectivity index (χ0n) is 12.0. The number of nitrogens with zero attached hydrogens (tertiary/aromatic N) is 2. The lowest BCUT2D eigenvalue weighted by atomic mass is 9.97. The summed E-state index contributed by atoms with van der Waals surface area (Å²) in [7, 11) is 0. The molecule has 0 aliphatic heterocycles. The summed E-state index contributed by atoms with van der Waals surface area (Å²) in [5, 5.41) is 8.30. The Kier molecular flexibility index (Phi) is 4.18. The van der Waals surface area contributed by atoms with E-state index in [2.05, 4.69) is 10.2 Å². The predicted molar refractivity (Wildman–Crippen MR) is 77.3 cm³/mol. The number of aromatic nitrogens is 2. The van der Waals surface area contributed by atoms with Gasteiger partial charge in [0.1, 0.15) is 5.75 Å². The summed E-state index contributed by atoms with van der Waals surface area (Å²) < 4.78 is 11.0. The van der Waals surface area contributed by atoms with Crippen LogP contribution in [0, 0.1) is 0 Å². The first-order valence-electron chi connectivity index (χ1n) is 6.32. The van der Waals surface area contributed by atoms with Crippen molar-refractivity contribution in [1.82, 2.24) is 10.2 Å². The molecule has 0 unspecified atom stereocenters. The molecule has 0 aliphatic rings. The molecule has 0 bridgehead atoms. The van der Waals surface area contributed by atoms with Crippen LogP contribution >= 0.6 is 11.6 Å². The molecule has 0 fully saturated rings. The third-order valence-electron chi connectivity index (χ3n) is 2.67. The number of carbonyl (C=O) groups excluding carboxylic acids is 1. The molecule has 2 N–H and O–H groups in total. The summed E-state index contributed by atoms with van der Waals surface area (Å²) in [4.78, 5) is 11.3. The van der Waals surface area contributed by atoms with Crippen molar-refractivity contribution in [3.63, 3.8) is 0 Å². The largest absolute Gasteiger partial charge is 0.483 e. The first-order chi connectivity index (χ1) is 9.77. The quantitative estimate of drug-likeness (QED) is 0.937. The standard InChI is InChI=1S/C14H16ClN3O3/c1-14(2,3)13-18-17-11(21-13)7-20-10-6-8(15)4-5-9(10)12(16)19/h4-6H,7H2,1-3H3,(H2,16,19). The van der Waals surface area contributed by atoms with E-state index < -0.39 is 5.91 Å². The Balaban J connectivity index is 2.15. The van der Waals surface area contributed by atoms with Crippen LogP contribution in [0.15, 0.2) is 22.6 Å². The number of nitrogens with two attached hydrogens (primary N) is 1. The Morgan fingerprint density at radius 3 is 2.67 bits per heavy atom. The number of benzene rings is 1. The number of halogens is 1. The van der Waals surface area contributed by atoms with E-state index in [1.54, 1.807) is 6.07 Å². The van der Waals surface area contributed by atoms with Crippen molar-refractivity contribution < 1.29 is 13.9 Å². The molecule has 0 aliphatic carbocycles. The lowest BCUT2D eigenvalue weighted by Gasteiger charge is -2.11. The molecule has 6 nitrogen and oxygen atoms in total. The van der Waals surface area contributed by atoms with Gasteiger partial charge in [0, 0.05) is 10.4 Å². The summed E-state index contributed by atoms with van der Waals surface area (Å²) >= 11 is 5.88. The lowest BCUT2D eigenvalue weighted by molar-refractivity contribution is 0.0995. The van der Waals surface area contributed by atoms with Gasteiger partial charge < -0.3 is 14.9 Å². The van der Waals surface area contributed by atoms with E-state index in [4.69, 9.17) is 26.5 Å². The number of hydrogen-bond donors (Lipinski definition) is 1. The van der Waals surface area contributed by atoms with Gasteiger partial charge in [-0.25, -0.2) is 0 Å². The summed E-state index contributed by atoms with van der Waals surface area (Å²) in [5.41, 5.74) is 5.29. The smallest absolute Gasteiger partial charge is 0.253 e. The SMILES string of the molecule is CC(C)(C)c1nnc(COc2cc(Cl)ccc2C(N)=O)o1. The summed E-state index contributed by atoms with van der Waals surface area (Å²) in [6.07, 6.45) is 0. The average Bonchev–Trinajstić information content (AvgIpc) is 2.84. The minimum absolute atomic E-state index is 0.0315. The van der Waals surface area contributed by atoms with Gasteiger partial charge in [-0.05, 0) is 18.2 Å². The first kappa shape index (κ1) is 15.3. The Morgan fingerprint density at radius 2 is 2.10 bits per heavy atom.